The summed E-state index contributed by atoms with van der Waals surface area (Å²) in [6.07, 6.45) is 13.7. The van der Waals surface area contributed by atoms with E-state index in [1.807, 2.05) is 0 Å². The second kappa shape index (κ2) is 14.9. The molecule has 0 aliphatic heterocycles. The summed E-state index contributed by atoms with van der Waals surface area (Å²) in [5, 5.41) is 0. The van der Waals surface area contributed by atoms with Crippen LogP contribution in [0.2, 0.25) is 0 Å². The van der Waals surface area contributed by atoms with Crippen molar-refractivity contribution in [3.05, 3.63) is 0 Å². The number of rotatable bonds is 13. The van der Waals surface area contributed by atoms with Crippen LogP contribution in [0.25, 0.3) is 0 Å². The maximum absolute atomic E-state index is 6.16. The first-order chi connectivity index (χ1) is 8.68. The van der Waals surface area contributed by atoms with Crippen LogP contribution in [-0.2, 0) is 0 Å². The van der Waals surface area contributed by atoms with Gasteiger partial charge in [0, 0.05) is 0 Å². The molecular weight excluding hydrogens is 277 g/mol. The van der Waals surface area contributed by atoms with E-state index < -0.39 is 0 Å². The molecule has 0 fully saturated rings. The van der Waals surface area contributed by atoms with E-state index in [0.29, 0.717) is 0 Å². The number of alkyl halides is 1. The summed E-state index contributed by atoms with van der Waals surface area (Å²) in [6, 6.07) is 0.779. The summed E-state index contributed by atoms with van der Waals surface area (Å²) in [7, 11) is 2.32. The first-order valence-electron chi connectivity index (χ1n) is 8.08. The average Bonchev–Trinajstić information content (AvgIpc) is 2.39. The third-order valence-corrected chi connectivity index (χ3v) is 4.47. The number of unbranched alkanes of at least 4 members (excludes halogenated alkanes) is 8. The van der Waals surface area contributed by atoms with Gasteiger partial charge in [0.1, 0.15) is 0 Å². The zero-order valence-electron chi connectivity index (χ0n) is 13.4. The van der Waals surface area contributed by atoms with E-state index in [9.17, 15) is 0 Å². The summed E-state index contributed by atoms with van der Waals surface area (Å²) >= 11 is 6.16. The monoisotopic (exact) mass is 311 g/mol. The Labute approximate surface area is 133 Å². The fourth-order valence-electron chi connectivity index (χ4n) is 2.43. The van der Waals surface area contributed by atoms with Gasteiger partial charge in [-0.3, -0.25) is 0 Å². The molecule has 0 saturated heterocycles. The number of halogens is 2. The zero-order valence-corrected chi connectivity index (χ0v) is 14.9. The molecule has 0 heterocycles. The summed E-state index contributed by atoms with van der Waals surface area (Å²) in [4.78, 5) is 0. The molecule has 0 radical (unpaired) electrons. The van der Waals surface area contributed by atoms with Crippen LogP contribution in [0.4, 0.5) is 0 Å². The smallest absolute Gasteiger partial charge is 0.154 e. The second-order valence-corrected chi connectivity index (χ2v) is 6.25. The van der Waals surface area contributed by atoms with Gasteiger partial charge in [0.25, 0.3) is 0 Å². The van der Waals surface area contributed by atoms with Gasteiger partial charge in [-0.1, -0.05) is 64.0 Å². The lowest BCUT2D eigenvalue weighted by Gasteiger charge is -2.32. The molecule has 0 aromatic carbocycles. The number of hydrogen-bond donors (Lipinski definition) is 0. The molecule has 0 aliphatic carbocycles. The number of hydrogen-bond acceptors (Lipinski definition) is 0. The summed E-state index contributed by atoms with van der Waals surface area (Å²) in [6.45, 7) is 7.07. The van der Waals surface area contributed by atoms with Crippen LogP contribution < -0.4 is 12.4 Å². The Morgan fingerprint density at radius 3 is 1.47 bits per heavy atom. The largest absolute Gasteiger partial charge is 1.00 e. The summed E-state index contributed by atoms with van der Waals surface area (Å²) in [5.74, 6) is 0. The van der Waals surface area contributed by atoms with Gasteiger partial charge in [-0.25, -0.2) is 0 Å². The van der Waals surface area contributed by atoms with E-state index in [1.165, 1.54) is 77.3 Å². The molecule has 0 N–H and O–H groups in total. The van der Waals surface area contributed by atoms with Gasteiger partial charge in [-0.15, -0.1) is 0 Å². The molecule has 0 amide bonds. The molecule has 1 unspecified atom stereocenters. The molecule has 0 aromatic rings. The highest BCUT2D eigenvalue weighted by Crippen LogP contribution is 2.13. The van der Waals surface area contributed by atoms with Crippen LogP contribution in [0.15, 0.2) is 0 Å². The Morgan fingerprint density at radius 1 is 0.684 bits per heavy atom. The van der Waals surface area contributed by atoms with E-state index in [4.69, 9.17) is 11.6 Å². The minimum Gasteiger partial charge on any atom is -1.00 e. The van der Waals surface area contributed by atoms with Crippen LogP contribution in [0.5, 0.6) is 0 Å². The zero-order chi connectivity index (χ0) is 13.7. The van der Waals surface area contributed by atoms with E-state index in [1.54, 1.807) is 0 Å². The van der Waals surface area contributed by atoms with Crippen LogP contribution in [0.1, 0.15) is 78.1 Å². The summed E-state index contributed by atoms with van der Waals surface area (Å²) in [5.41, 5.74) is 0. The Morgan fingerprint density at radius 2 is 1.05 bits per heavy atom. The van der Waals surface area contributed by atoms with Crippen LogP contribution >= 0.6 is 11.6 Å². The third-order valence-electron chi connectivity index (χ3n) is 3.89. The molecule has 0 spiro atoms. The SMILES string of the molecule is CCCCCCCC[N+](C)(CCl)CCCCCC.[Cl-]. The Bertz CT molecular complexity index is 176. The second-order valence-electron chi connectivity index (χ2n) is 6.01. The Kier molecular flexibility index (Phi) is 17.2. The van der Waals surface area contributed by atoms with E-state index in [2.05, 4.69) is 20.9 Å². The van der Waals surface area contributed by atoms with Crippen molar-refractivity contribution in [2.75, 3.05) is 26.1 Å². The van der Waals surface area contributed by atoms with E-state index >= 15 is 0 Å². The quantitative estimate of drug-likeness (QED) is 0.212. The van der Waals surface area contributed by atoms with Gasteiger partial charge >= 0.3 is 0 Å². The predicted molar refractivity (Wildman–Crippen MR) is 84.2 cm³/mol. The topological polar surface area (TPSA) is 0 Å². The molecule has 0 bridgehead atoms. The van der Waals surface area contributed by atoms with Gasteiger partial charge in [-0.2, -0.15) is 0 Å². The van der Waals surface area contributed by atoms with Crippen molar-refractivity contribution in [1.82, 2.24) is 0 Å². The normalized spacial score (nSPS) is 13.9. The highest BCUT2D eigenvalue weighted by atomic mass is 35.5. The maximum Gasteiger partial charge on any atom is 0.154 e. The van der Waals surface area contributed by atoms with Crippen LogP contribution in [0.3, 0.4) is 0 Å². The summed E-state index contributed by atoms with van der Waals surface area (Å²) < 4.78 is 1.07. The average molecular weight is 312 g/mol. The first-order valence-corrected chi connectivity index (χ1v) is 8.61. The van der Waals surface area contributed by atoms with Gasteiger partial charge in [0.2, 0.25) is 0 Å². The van der Waals surface area contributed by atoms with Crippen molar-refractivity contribution in [2.45, 2.75) is 78.1 Å². The molecule has 0 aromatic heterocycles. The fraction of sp³-hybridized carbons (Fsp3) is 1.00. The van der Waals surface area contributed by atoms with Crippen LogP contribution in [0, 0.1) is 0 Å². The molecular formula is C16H35Cl2N. The molecule has 0 rings (SSSR count). The highest BCUT2D eigenvalue weighted by molar-refractivity contribution is 6.16. The third kappa shape index (κ3) is 13.3. The van der Waals surface area contributed by atoms with E-state index in [0.717, 1.165) is 10.5 Å². The van der Waals surface area contributed by atoms with Crippen molar-refractivity contribution in [2.24, 2.45) is 0 Å². The molecule has 0 saturated carbocycles. The minimum absolute atomic E-state index is 0. The van der Waals surface area contributed by atoms with Crippen LogP contribution in [-0.4, -0.2) is 30.6 Å². The van der Waals surface area contributed by atoms with Crippen molar-refractivity contribution in [3.63, 3.8) is 0 Å². The lowest BCUT2D eigenvalue weighted by molar-refractivity contribution is -0.899. The number of quaternary nitrogens is 1. The molecule has 1 atom stereocenters. The molecule has 1 nitrogen and oxygen atoms in total. The Balaban J connectivity index is 0. The van der Waals surface area contributed by atoms with Crippen molar-refractivity contribution in [3.8, 4) is 0 Å². The maximum atomic E-state index is 6.16. The van der Waals surface area contributed by atoms with Gasteiger partial charge in [-0.05, 0) is 25.7 Å². The lowest BCUT2D eigenvalue weighted by Crippen LogP contribution is -3.00. The van der Waals surface area contributed by atoms with Gasteiger partial charge < -0.3 is 16.9 Å². The predicted octanol–water partition coefficient (Wildman–Crippen LogP) is 2.57. The van der Waals surface area contributed by atoms with Crippen molar-refractivity contribution in [1.29, 1.82) is 0 Å². The molecule has 3 heteroatoms. The first kappa shape index (κ1) is 21.8. The van der Waals surface area contributed by atoms with Crippen molar-refractivity contribution >= 4 is 11.6 Å². The lowest BCUT2D eigenvalue weighted by atomic mass is 10.1. The minimum atomic E-state index is 0. The standard InChI is InChI=1S/C16H35ClN.ClH/c1-4-6-8-10-11-13-15-18(3,16-17)14-12-9-7-5-2;/h4-16H2,1-3H3;1H/q+1;/p-1. The van der Waals surface area contributed by atoms with Crippen molar-refractivity contribution < 1.29 is 16.9 Å². The van der Waals surface area contributed by atoms with Gasteiger partial charge in [0.05, 0.1) is 20.1 Å². The van der Waals surface area contributed by atoms with E-state index in [-0.39, 0.29) is 12.4 Å². The highest BCUT2D eigenvalue weighted by Gasteiger charge is 2.18. The number of nitrogens with zero attached hydrogens (tertiary/aromatic N) is 1. The molecule has 118 valence electrons. The molecule has 0 aliphatic rings. The Hall–Kier alpha value is 0.540. The fourth-order valence-corrected chi connectivity index (χ4v) is 2.66. The van der Waals surface area contributed by atoms with Gasteiger partial charge in [0.15, 0.2) is 6.00 Å². The molecule has 19 heavy (non-hydrogen) atoms.